The predicted molar refractivity (Wildman–Crippen MR) is 40.8 cm³/mol. The number of hydrogen-bond acceptors (Lipinski definition) is 1. The normalized spacial score (nSPS) is 50.1. The van der Waals surface area contributed by atoms with E-state index in [0.717, 1.165) is 11.8 Å². The second kappa shape index (κ2) is 1.76. The van der Waals surface area contributed by atoms with Gasteiger partial charge < -0.3 is 4.74 Å². The highest BCUT2D eigenvalue weighted by atomic mass is 16.5. The van der Waals surface area contributed by atoms with Gasteiger partial charge in [0.05, 0.1) is 11.7 Å². The van der Waals surface area contributed by atoms with Crippen LogP contribution in [-0.4, -0.2) is 11.7 Å². The van der Waals surface area contributed by atoms with E-state index in [2.05, 4.69) is 20.8 Å². The van der Waals surface area contributed by atoms with E-state index in [0.29, 0.717) is 11.7 Å². The molecule has 1 heterocycles. The Bertz CT molecular complexity index is 149. The molecule has 58 valence electrons. The minimum atomic E-state index is 0.346. The van der Waals surface area contributed by atoms with Crippen LogP contribution in [0, 0.1) is 11.8 Å². The van der Waals surface area contributed by atoms with E-state index in [-0.39, 0.29) is 0 Å². The summed E-state index contributed by atoms with van der Waals surface area (Å²) in [7, 11) is 0. The molecule has 1 saturated heterocycles. The molecule has 2 aliphatic rings. The molecule has 2 rings (SSSR count). The van der Waals surface area contributed by atoms with Crippen LogP contribution in [0.4, 0.5) is 0 Å². The van der Waals surface area contributed by atoms with Gasteiger partial charge in [0.2, 0.25) is 0 Å². The number of hydrogen-bond donors (Lipinski definition) is 0. The molecule has 0 bridgehead atoms. The van der Waals surface area contributed by atoms with Crippen LogP contribution in [-0.2, 0) is 4.74 Å². The molecule has 2 fully saturated rings. The largest absolute Gasteiger partial charge is 0.371 e. The molecule has 0 aromatic heterocycles. The Morgan fingerprint density at radius 2 is 1.80 bits per heavy atom. The minimum Gasteiger partial charge on any atom is -0.371 e. The Morgan fingerprint density at radius 1 is 1.20 bits per heavy atom. The molecule has 0 N–H and O–H groups in total. The van der Waals surface area contributed by atoms with Gasteiger partial charge in [-0.1, -0.05) is 13.8 Å². The van der Waals surface area contributed by atoms with Gasteiger partial charge in [-0.2, -0.15) is 0 Å². The van der Waals surface area contributed by atoms with Crippen LogP contribution < -0.4 is 0 Å². The summed E-state index contributed by atoms with van der Waals surface area (Å²) in [4.78, 5) is 0. The number of ether oxygens (including phenoxy) is 1. The van der Waals surface area contributed by atoms with Crippen molar-refractivity contribution in [2.45, 2.75) is 45.3 Å². The molecule has 0 aromatic carbocycles. The molecule has 1 heteroatoms. The topological polar surface area (TPSA) is 9.23 Å². The van der Waals surface area contributed by atoms with E-state index in [4.69, 9.17) is 4.74 Å². The van der Waals surface area contributed by atoms with Gasteiger partial charge in [0, 0.05) is 0 Å². The Labute approximate surface area is 62.8 Å². The smallest absolute Gasteiger partial charge is 0.0717 e. The molecule has 0 amide bonds. The summed E-state index contributed by atoms with van der Waals surface area (Å²) in [6.45, 7) is 6.85. The van der Waals surface area contributed by atoms with Crippen molar-refractivity contribution in [2.75, 3.05) is 0 Å². The summed E-state index contributed by atoms with van der Waals surface area (Å²) in [6, 6.07) is 0. The summed E-state index contributed by atoms with van der Waals surface area (Å²) in [5.41, 5.74) is 0.346. The fourth-order valence-electron chi connectivity index (χ4n) is 2.17. The maximum atomic E-state index is 5.88. The molecule has 1 saturated carbocycles. The van der Waals surface area contributed by atoms with E-state index < -0.39 is 0 Å². The van der Waals surface area contributed by atoms with Gasteiger partial charge in [-0.05, 0) is 31.6 Å². The Morgan fingerprint density at radius 3 is 2.00 bits per heavy atom. The first-order valence-corrected chi connectivity index (χ1v) is 4.33. The highest BCUT2D eigenvalue weighted by Crippen LogP contribution is 2.55. The zero-order valence-corrected chi connectivity index (χ0v) is 7.05. The van der Waals surface area contributed by atoms with Gasteiger partial charge in [0.1, 0.15) is 0 Å². The third-order valence-electron chi connectivity index (χ3n) is 3.52. The average Bonchev–Trinajstić information content (AvgIpc) is 2.62. The van der Waals surface area contributed by atoms with Crippen LogP contribution in [0.25, 0.3) is 0 Å². The molecule has 1 aliphatic carbocycles. The van der Waals surface area contributed by atoms with E-state index in [1.807, 2.05) is 0 Å². The maximum absolute atomic E-state index is 5.88. The lowest BCUT2D eigenvalue weighted by Crippen LogP contribution is -2.16. The van der Waals surface area contributed by atoms with Crippen LogP contribution >= 0.6 is 0 Å². The molecular weight excluding hydrogens is 124 g/mol. The summed E-state index contributed by atoms with van der Waals surface area (Å²) >= 11 is 0. The third kappa shape index (κ3) is 0.672. The molecule has 3 atom stereocenters. The second-order valence-corrected chi connectivity index (χ2v) is 4.04. The quantitative estimate of drug-likeness (QED) is 0.501. The lowest BCUT2D eigenvalue weighted by molar-refractivity contribution is 0.0231. The van der Waals surface area contributed by atoms with Crippen LogP contribution in [0.2, 0.25) is 0 Å². The summed E-state index contributed by atoms with van der Waals surface area (Å²) < 4.78 is 5.88. The van der Waals surface area contributed by atoms with Crippen molar-refractivity contribution < 1.29 is 4.74 Å². The molecule has 3 unspecified atom stereocenters. The standard InChI is InChI=1S/C9H16O/c1-6-7(2)9(4-5-9)10-8(6)3/h6-8H,4-5H2,1-3H3. The first-order valence-electron chi connectivity index (χ1n) is 4.33. The lowest BCUT2D eigenvalue weighted by Gasteiger charge is -2.13. The van der Waals surface area contributed by atoms with Crippen molar-refractivity contribution in [2.24, 2.45) is 11.8 Å². The second-order valence-electron chi connectivity index (χ2n) is 4.04. The molecule has 0 radical (unpaired) electrons. The Balaban J connectivity index is 2.16. The van der Waals surface area contributed by atoms with Crippen molar-refractivity contribution in [3.8, 4) is 0 Å². The van der Waals surface area contributed by atoms with Crippen molar-refractivity contribution in [1.82, 2.24) is 0 Å². The fraction of sp³-hybridized carbons (Fsp3) is 1.00. The Hall–Kier alpha value is -0.0400. The predicted octanol–water partition coefficient (Wildman–Crippen LogP) is 2.21. The van der Waals surface area contributed by atoms with Crippen LogP contribution in [0.1, 0.15) is 33.6 Å². The van der Waals surface area contributed by atoms with E-state index in [1.165, 1.54) is 12.8 Å². The third-order valence-corrected chi connectivity index (χ3v) is 3.52. The molecular formula is C9H16O. The first kappa shape index (κ1) is 6.66. The highest BCUT2D eigenvalue weighted by molar-refractivity contribution is 5.06. The average molecular weight is 140 g/mol. The van der Waals surface area contributed by atoms with E-state index in [9.17, 15) is 0 Å². The molecule has 1 nitrogen and oxygen atoms in total. The minimum absolute atomic E-state index is 0.346. The molecule has 1 aliphatic heterocycles. The van der Waals surface area contributed by atoms with Gasteiger partial charge in [0.25, 0.3) is 0 Å². The summed E-state index contributed by atoms with van der Waals surface area (Å²) in [6.07, 6.45) is 3.11. The number of rotatable bonds is 0. The van der Waals surface area contributed by atoms with Gasteiger partial charge in [-0.3, -0.25) is 0 Å². The van der Waals surface area contributed by atoms with Crippen LogP contribution in [0.15, 0.2) is 0 Å². The zero-order chi connectivity index (χ0) is 7.35. The zero-order valence-electron chi connectivity index (χ0n) is 7.05. The van der Waals surface area contributed by atoms with E-state index in [1.54, 1.807) is 0 Å². The van der Waals surface area contributed by atoms with Gasteiger partial charge in [-0.25, -0.2) is 0 Å². The maximum Gasteiger partial charge on any atom is 0.0717 e. The molecule has 0 aromatic rings. The SMILES string of the molecule is CC1OC2(CC2)C(C)C1C. The van der Waals surface area contributed by atoms with Crippen LogP contribution in [0.5, 0.6) is 0 Å². The first-order chi connectivity index (χ1) is 4.66. The molecule has 10 heavy (non-hydrogen) atoms. The van der Waals surface area contributed by atoms with Gasteiger partial charge in [0.15, 0.2) is 0 Å². The van der Waals surface area contributed by atoms with Crippen LogP contribution in [0.3, 0.4) is 0 Å². The molecule has 1 spiro atoms. The van der Waals surface area contributed by atoms with Gasteiger partial charge in [-0.15, -0.1) is 0 Å². The monoisotopic (exact) mass is 140 g/mol. The van der Waals surface area contributed by atoms with Crippen molar-refractivity contribution >= 4 is 0 Å². The Kier molecular flexibility index (Phi) is 1.17. The lowest BCUT2D eigenvalue weighted by atomic mass is 9.90. The van der Waals surface area contributed by atoms with Crippen molar-refractivity contribution in [3.05, 3.63) is 0 Å². The summed E-state index contributed by atoms with van der Waals surface area (Å²) in [5, 5.41) is 0. The summed E-state index contributed by atoms with van der Waals surface area (Å²) in [5.74, 6) is 1.56. The van der Waals surface area contributed by atoms with Gasteiger partial charge >= 0.3 is 0 Å². The fourth-order valence-corrected chi connectivity index (χ4v) is 2.17. The van der Waals surface area contributed by atoms with Crippen molar-refractivity contribution in [3.63, 3.8) is 0 Å². The highest BCUT2D eigenvalue weighted by Gasteiger charge is 2.56. The van der Waals surface area contributed by atoms with E-state index >= 15 is 0 Å². The van der Waals surface area contributed by atoms with Crippen molar-refractivity contribution in [1.29, 1.82) is 0 Å².